The average molecular weight is 251 g/mol. The Bertz CT molecular complexity index is 491. The number of nitrogens with zero attached hydrogens (tertiary/aromatic N) is 1. The Kier molecular flexibility index (Phi) is 3.59. The van der Waals surface area contributed by atoms with Crippen LogP contribution in [0.5, 0.6) is 0 Å². The van der Waals surface area contributed by atoms with Gasteiger partial charge in [-0.25, -0.2) is 4.39 Å². The fourth-order valence-corrected chi connectivity index (χ4v) is 1.69. The number of aryl methyl sites for hydroxylation is 1. The van der Waals surface area contributed by atoms with Crippen molar-refractivity contribution in [3.05, 3.63) is 58.6 Å². The van der Waals surface area contributed by atoms with Crippen molar-refractivity contribution in [2.24, 2.45) is 0 Å². The molecule has 0 aliphatic heterocycles. The highest BCUT2D eigenvalue weighted by Crippen LogP contribution is 2.24. The van der Waals surface area contributed by atoms with Crippen LogP contribution in [0.1, 0.15) is 11.3 Å². The summed E-state index contributed by atoms with van der Waals surface area (Å²) in [6.07, 6.45) is 1.76. The molecule has 0 aliphatic carbocycles. The van der Waals surface area contributed by atoms with Gasteiger partial charge >= 0.3 is 0 Å². The maximum atomic E-state index is 13.5. The molecular formula is C13H12ClFN2. The SMILES string of the molecule is Cc1ccc(CNc2c(F)cccc2Cl)cn1. The van der Waals surface area contributed by atoms with Crippen molar-refractivity contribution < 1.29 is 4.39 Å². The number of rotatable bonds is 3. The standard InChI is InChI=1S/C13H12ClFN2/c1-9-5-6-10(7-16-9)8-17-13-11(14)3-2-4-12(13)15/h2-7,17H,8H2,1H3. The first-order valence-electron chi connectivity index (χ1n) is 5.26. The van der Waals surface area contributed by atoms with E-state index >= 15 is 0 Å². The van der Waals surface area contributed by atoms with Gasteiger partial charge in [0.1, 0.15) is 5.82 Å². The molecule has 2 aromatic rings. The maximum Gasteiger partial charge on any atom is 0.147 e. The highest BCUT2D eigenvalue weighted by Gasteiger charge is 2.05. The molecule has 1 aromatic carbocycles. The quantitative estimate of drug-likeness (QED) is 0.896. The smallest absolute Gasteiger partial charge is 0.147 e. The van der Waals surface area contributed by atoms with Crippen molar-refractivity contribution in [3.8, 4) is 0 Å². The van der Waals surface area contributed by atoms with Crippen molar-refractivity contribution in [2.75, 3.05) is 5.32 Å². The van der Waals surface area contributed by atoms with Crippen LogP contribution in [0.2, 0.25) is 5.02 Å². The van der Waals surface area contributed by atoms with Crippen LogP contribution in [-0.2, 0) is 6.54 Å². The Morgan fingerprint density at radius 3 is 2.76 bits per heavy atom. The van der Waals surface area contributed by atoms with Gasteiger partial charge in [-0.15, -0.1) is 0 Å². The first-order chi connectivity index (χ1) is 8.16. The van der Waals surface area contributed by atoms with E-state index in [2.05, 4.69) is 10.3 Å². The molecule has 0 atom stereocenters. The summed E-state index contributed by atoms with van der Waals surface area (Å²) in [6, 6.07) is 8.47. The highest BCUT2D eigenvalue weighted by molar-refractivity contribution is 6.33. The largest absolute Gasteiger partial charge is 0.377 e. The second-order valence-corrected chi connectivity index (χ2v) is 4.17. The summed E-state index contributed by atoms with van der Waals surface area (Å²) < 4.78 is 13.5. The topological polar surface area (TPSA) is 24.9 Å². The minimum Gasteiger partial charge on any atom is -0.377 e. The second-order valence-electron chi connectivity index (χ2n) is 3.76. The van der Waals surface area contributed by atoms with Crippen LogP contribution in [-0.4, -0.2) is 4.98 Å². The van der Waals surface area contributed by atoms with Gasteiger partial charge in [0, 0.05) is 18.4 Å². The fourth-order valence-electron chi connectivity index (χ4n) is 1.46. The molecule has 0 saturated carbocycles. The van der Waals surface area contributed by atoms with Gasteiger partial charge in [-0.1, -0.05) is 23.7 Å². The Balaban J connectivity index is 2.10. The summed E-state index contributed by atoms with van der Waals surface area (Å²) in [4.78, 5) is 4.17. The summed E-state index contributed by atoms with van der Waals surface area (Å²) in [7, 11) is 0. The molecule has 0 aliphatic rings. The zero-order valence-corrected chi connectivity index (χ0v) is 10.1. The maximum absolute atomic E-state index is 13.5. The third kappa shape index (κ3) is 2.94. The fraction of sp³-hybridized carbons (Fsp3) is 0.154. The molecule has 0 saturated heterocycles. The Labute approximate surface area is 104 Å². The van der Waals surface area contributed by atoms with Crippen LogP contribution >= 0.6 is 11.6 Å². The van der Waals surface area contributed by atoms with Gasteiger partial charge in [-0.2, -0.15) is 0 Å². The summed E-state index contributed by atoms with van der Waals surface area (Å²) >= 11 is 5.90. The molecule has 2 nitrogen and oxygen atoms in total. The highest BCUT2D eigenvalue weighted by atomic mass is 35.5. The molecule has 1 heterocycles. The van der Waals surface area contributed by atoms with Crippen molar-refractivity contribution >= 4 is 17.3 Å². The predicted octanol–water partition coefficient (Wildman–Crippen LogP) is 3.79. The number of pyridine rings is 1. The van der Waals surface area contributed by atoms with E-state index in [1.165, 1.54) is 6.07 Å². The lowest BCUT2D eigenvalue weighted by atomic mass is 10.2. The van der Waals surface area contributed by atoms with E-state index in [0.717, 1.165) is 11.3 Å². The van der Waals surface area contributed by atoms with Crippen LogP contribution in [0.15, 0.2) is 36.5 Å². The summed E-state index contributed by atoms with van der Waals surface area (Å²) in [5.74, 6) is -0.349. The zero-order chi connectivity index (χ0) is 12.3. The minimum absolute atomic E-state index is 0.328. The number of para-hydroxylation sites is 1. The number of halogens is 2. The molecule has 0 bridgehead atoms. The Hall–Kier alpha value is -1.61. The number of anilines is 1. The second kappa shape index (κ2) is 5.15. The van der Waals surface area contributed by atoms with Crippen molar-refractivity contribution in [1.29, 1.82) is 0 Å². The van der Waals surface area contributed by atoms with Crippen molar-refractivity contribution in [2.45, 2.75) is 13.5 Å². The predicted molar refractivity (Wildman–Crippen MR) is 67.7 cm³/mol. The molecule has 1 aromatic heterocycles. The lowest BCUT2D eigenvalue weighted by Gasteiger charge is -2.09. The lowest BCUT2D eigenvalue weighted by molar-refractivity contribution is 0.630. The first kappa shape index (κ1) is 11.9. The monoisotopic (exact) mass is 250 g/mol. The van der Waals surface area contributed by atoms with E-state index in [1.807, 2.05) is 19.1 Å². The van der Waals surface area contributed by atoms with Crippen LogP contribution in [0.4, 0.5) is 10.1 Å². The molecule has 1 N–H and O–H groups in total. The van der Waals surface area contributed by atoms with Crippen LogP contribution in [0.3, 0.4) is 0 Å². The zero-order valence-electron chi connectivity index (χ0n) is 9.37. The molecule has 2 rings (SSSR count). The van der Waals surface area contributed by atoms with Crippen molar-refractivity contribution in [1.82, 2.24) is 4.98 Å². The van der Waals surface area contributed by atoms with Gasteiger partial charge in [-0.3, -0.25) is 4.98 Å². The molecule has 0 amide bonds. The van der Waals surface area contributed by atoms with Gasteiger partial charge in [0.05, 0.1) is 10.7 Å². The van der Waals surface area contributed by atoms with Crippen LogP contribution in [0.25, 0.3) is 0 Å². The average Bonchev–Trinajstić information content (AvgIpc) is 2.31. The van der Waals surface area contributed by atoms with Gasteiger partial charge in [0.2, 0.25) is 0 Å². The lowest BCUT2D eigenvalue weighted by Crippen LogP contribution is -2.02. The number of nitrogens with one attached hydrogen (secondary N) is 1. The van der Waals surface area contributed by atoms with Crippen molar-refractivity contribution in [3.63, 3.8) is 0 Å². The Morgan fingerprint density at radius 2 is 2.12 bits per heavy atom. The third-order valence-corrected chi connectivity index (χ3v) is 2.72. The molecule has 17 heavy (non-hydrogen) atoms. The molecule has 0 unspecified atom stereocenters. The van der Waals surface area contributed by atoms with E-state index in [9.17, 15) is 4.39 Å². The molecular weight excluding hydrogens is 239 g/mol. The molecule has 0 fully saturated rings. The number of hydrogen-bond donors (Lipinski definition) is 1. The number of hydrogen-bond acceptors (Lipinski definition) is 2. The normalized spacial score (nSPS) is 10.3. The summed E-state index contributed by atoms with van der Waals surface area (Å²) in [5.41, 5.74) is 2.27. The number of aromatic nitrogens is 1. The van der Waals surface area contributed by atoms with Gasteiger partial charge in [0.25, 0.3) is 0 Å². The third-order valence-electron chi connectivity index (χ3n) is 2.40. The Morgan fingerprint density at radius 1 is 1.29 bits per heavy atom. The van der Waals surface area contributed by atoms with Gasteiger partial charge < -0.3 is 5.32 Å². The minimum atomic E-state index is -0.349. The molecule has 0 spiro atoms. The van der Waals surface area contributed by atoms with E-state index in [0.29, 0.717) is 17.3 Å². The first-order valence-corrected chi connectivity index (χ1v) is 5.64. The molecule has 0 radical (unpaired) electrons. The number of benzene rings is 1. The van der Waals surface area contributed by atoms with E-state index < -0.39 is 0 Å². The van der Waals surface area contributed by atoms with Gasteiger partial charge in [0.15, 0.2) is 0 Å². The van der Waals surface area contributed by atoms with E-state index in [1.54, 1.807) is 18.3 Å². The van der Waals surface area contributed by atoms with Crippen LogP contribution < -0.4 is 5.32 Å². The van der Waals surface area contributed by atoms with Crippen LogP contribution in [0, 0.1) is 12.7 Å². The van der Waals surface area contributed by atoms with E-state index in [4.69, 9.17) is 11.6 Å². The van der Waals surface area contributed by atoms with Gasteiger partial charge in [-0.05, 0) is 30.7 Å². The summed E-state index contributed by atoms with van der Waals surface area (Å²) in [5, 5.41) is 3.35. The molecule has 4 heteroatoms. The van der Waals surface area contributed by atoms with E-state index in [-0.39, 0.29) is 5.82 Å². The summed E-state index contributed by atoms with van der Waals surface area (Å²) in [6.45, 7) is 2.42. The molecule has 88 valence electrons.